The molecule has 0 aliphatic carbocycles. The number of nitrogens with one attached hydrogen (secondary N) is 1. The van der Waals surface area contributed by atoms with E-state index in [2.05, 4.69) is 46.0 Å². The maximum atomic E-state index is 4.45. The molecule has 3 heteroatoms. The first-order valence-electron chi connectivity index (χ1n) is 6.42. The third-order valence-corrected chi connectivity index (χ3v) is 4.39. The van der Waals surface area contributed by atoms with Crippen molar-refractivity contribution in [1.82, 2.24) is 10.3 Å². The van der Waals surface area contributed by atoms with Gasteiger partial charge in [0.05, 0.1) is 11.7 Å². The quantitative estimate of drug-likeness (QED) is 0.778. The van der Waals surface area contributed by atoms with Crippen molar-refractivity contribution in [2.24, 2.45) is 0 Å². The van der Waals surface area contributed by atoms with Crippen molar-refractivity contribution in [1.29, 1.82) is 0 Å². The second-order valence-electron chi connectivity index (χ2n) is 4.56. The Morgan fingerprint density at radius 1 is 1.16 bits per heavy atom. The summed E-state index contributed by atoms with van der Waals surface area (Å²) in [5.74, 6) is 0. The second kappa shape index (κ2) is 5.51. The molecule has 0 radical (unpaired) electrons. The van der Waals surface area contributed by atoms with Crippen LogP contribution in [0.5, 0.6) is 0 Å². The van der Waals surface area contributed by atoms with Crippen LogP contribution in [0.1, 0.15) is 17.3 Å². The monoisotopic (exact) mass is 268 g/mol. The molecule has 19 heavy (non-hydrogen) atoms. The van der Waals surface area contributed by atoms with Gasteiger partial charge in [0.1, 0.15) is 0 Å². The third kappa shape index (κ3) is 2.53. The van der Waals surface area contributed by atoms with Crippen LogP contribution >= 0.6 is 11.3 Å². The van der Waals surface area contributed by atoms with Gasteiger partial charge in [-0.05, 0) is 48.0 Å². The van der Waals surface area contributed by atoms with Crippen LogP contribution < -0.4 is 5.32 Å². The molecule has 0 fully saturated rings. The van der Waals surface area contributed by atoms with Gasteiger partial charge in [-0.1, -0.05) is 24.3 Å². The second-order valence-corrected chi connectivity index (χ2v) is 5.47. The molecule has 1 N–H and O–H groups in total. The molecule has 0 aliphatic heterocycles. The molecular weight excluding hydrogens is 252 g/mol. The van der Waals surface area contributed by atoms with Crippen LogP contribution in [-0.2, 0) is 6.42 Å². The van der Waals surface area contributed by atoms with Crippen LogP contribution in [0.4, 0.5) is 0 Å². The van der Waals surface area contributed by atoms with Gasteiger partial charge in [0.15, 0.2) is 0 Å². The van der Waals surface area contributed by atoms with Crippen LogP contribution in [0.2, 0.25) is 0 Å². The smallest absolute Gasteiger partial charge is 0.0576 e. The molecule has 2 aromatic heterocycles. The van der Waals surface area contributed by atoms with Gasteiger partial charge < -0.3 is 5.32 Å². The van der Waals surface area contributed by atoms with Gasteiger partial charge in [0.25, 0.3) is 0 Å². The van der Waals surface area contributed by atoms with Gasteiger partial charge in [-0.15, -0.1) is 11.3 Å². The summed E-state index contributed by atoms with van der Waals surface area (Å²) in [5, 5.41) is 6.99. The molecule has 0 spiro atoms. The Bertz CT molecular complexity index is 661. The summed E-state index contributed by atoms with van der Waals surface area (Å²) < 4.78 is 1.35. The summed E-state index contributed by atoms with van der Waals surface area (Å²) in [4.78, 5) is 4.45. The standard InChI is InChI=1S/C16H16N2S/c1-17-15(14-7-4-5-9-18-14)10-12-11-19-16-8-3-2-6-13(12)16/h2-9,11,15,17H,10H2,1H3. The number of likely N-dealkylation sites (N-methyl/N-ethyl adjacent to an activating group) is 1. The summed E-state index contributed by atoms with van der Waals surface area (Å²) in [7, 11) is 1.99. The first kappa shape index (κ1) is 12.3. The number of hydrogen-bond donors (Lipinski definition) is 1. The Balaban J connectivity index is 1.91. The van der Waals surface area contributed by atoms with Crippen LogP contribution in [-0.4, -0.2) is 12.0 Å². The maximum absolute atomic E-state index is 4.45. The average Bonchev–Trinajstić information content (AvgIpc) is 2.89. The maximum Gasteiger partial charge on any atom is 0.0576 e. The topological polar surface area (TPSA) is 24.9 Å². The molecule has 1 aromatic carbocycles. The van der Waals surface area contributed by atoms with Crippen molar-refractivity contribution >= 4 is 21.4 Å². The zero-order chi connectivity index (χ0) is 13.1. The molecule has 0 aliphatic rings. The number of pyridine rings is 1. The average molecular weight is 268 g/mol. The lowest BCUT2D eigenvalue weighted by Gasteiger charge is -2.15. The Kier molecular flexibility index (Phi) is 3.58. The Labute approximate surface area is 117 Å². The predicted molar refractivity (Wildman–Crippen MR) is 81.6 cm³/mol. The molecule has 0 saturated heterocycles. The zero-order valence-electron chi connectivity index (χ0n) is 10.8. The van der Waals surface area contributed by atoms with Gasteiger partial charge in [-0.3, -0.25) is 4.98 Å². The van der Waals surface area contributed by atoms with Gasteiger partial charge in [-0.25, -0.2) is 0 Å². The highest BCUT2D eigenvalue weighted by Gasteiger charge is 2.13. The molecule has 3 aromatic rings. The number of aromatic nitrogens is 1. The van der Waals surface area contributed by atoms with E-state index in [1.807, 2.05) is 36.7 Å². The molecular formula is C16H16N2S. The van der Waals surface area contributed by atoms with E-state index in [9.17, 15) is 0 Å². The van der Waals surface area contributed by atoms with E-state index in [1.165, 1.54) is 15.6 Å². The highest BCUT2D eigenvalue weighted by Crippen LogP contribution is 2.28. The number of thiophene rings is 1. The number of rotatable bonds is 4. The molecule has 0 saturated carbocycles. The first-order valence-corrected chi connectivity index (χ1v) is 7.30. The first-order chi connectivity index (χ1) is 9.38. The van der Waals surface area contributed by atoms with E-state index in [0.29, 0.717) is 0 Å². The third-order valence-electron chi connectivity index (χ3n) is 3.38. The van der Waals surface area contributed by atoms with E-state index >= 15 is 0 Å². The molecule has 3 rings (SSSR count). The van der Waals surface area contributed by atoms with Gasteiger partial charge >= 0.3 is 0 Å². The van der Waals surface area contributed by atoms with Crippen LogP contribution in [0.15, 0.2) is 54.0 Å². The lowest BCUT2D eigenvalue weighted by Crippen LogP contribution is -2.19. The van der Waals surface area contributed by atoms with Gasteiger partial charge in [-0.2, -0.15) is 0 Å². The van der Waals surface area contributed by atoms with E-state index in [4.69, 9.17) is 0 Å². The molecule has 2 nitrogen and oxygen atoms in total. The number of hydrogen-bond acceptors (Lipinski definition) is 3. The summed E-state index contributed by atoms with van der Waals surface area (Å²) in [6.45, 7) is 0. The van der Waals surface area contributed by atoms with E-state index in [0.717, 1.165) is 12.1 Å². The minimum absolute atomic E-state index is 0.263. The number of nitrogens with zero attached hydrogens (tertiary/aromatic N) is 1. The van der Waals surface area contributed by atoms with Crippen molar-refractivity contribution in [3.63, 3.8) is 0 Å². The van der Waals surface area contributed by atoms with Crippen molar-refractivity contribution in [3.05, 3.63) is 65.3 Å². The largest absolute Gasteiger partial charge is 0.311 e. The Hall–Kier alpha value is -1.71. The van der Waals surface area contributed by atoms with Gasteiger partial charge in [0, 0.05) is 10.9 Å². The molecule has 96 valence electrons. The molecule has 1 unspecified atom stereocenters. The van der Waals surface area contributed by atoms with E-state index in [-0.39, 0.29) is 6.04 Å². The molecule has 0 bridgehead atoms. The lowest BCUT2D eigenvalue weighted by molar-refractivity contribution is 0.578. The minimum atomic E-state index is 0.263. The fraction of sp³-hybridized carbons (Fsp3) is 0.188. The fourth-order valence-corrected chi connectivity index (χ4v) is 3.32. The predicted octanol–water partition coefficient (Wildman–Crippen LogP) is 3.80. The zero-order valence-corrected chi connectivity index (χ0v) is 11.7. The Morgan fingerprint density at radius 3 is 2.79 bits per heavy atom. The Morgan fingerprint density at radius 2 is 2.00 bits per heavy atom. The van der Waals surface area contributed by atoms with Crippen molar-refractivity contribution in [2.45, 2.75) is 12.5 Å². The molecule has 2 heterocycles. The summed E-state index contributed by atoms with van der Waals surface area (Å²) in [5.41, 5.74) is 2.49. The molecule has 1 atom stereocenters. The number of fused-ring (bicyclic) bond motifs is 1. The highest BCUT2D eigenvalue weighted by atomic mass is 32.1. The normalized spacial score (nSPS) is 12.7. The highest BCUT2D eigenvalue weighted by molar-refractivity contribution is 7.17. The summed E-state index contributed by atoms with van der Waals surface area (Å²) in [6.07, 6.45) is 2.82. The molecule has 0 amide bonds. The van der Waals surface area contributed by atoms with Crippen molar-refractivity contribution < 1.29 is 0 Å². The lowest BCUT2D eigenvalue weighted by atomic mass is 10.0. The fourth-order valence-electron chi connectivity index (χ4n) is 2.35. The van der Waals surface area contributed by atoms with E-state index in [1.54, 1.807) is 0 Å². The SMILES string of the molecule is CNC(Cc1csc2ccccc12)c1ccccn1. The van der Waals surface area contributed by atoms with Crippen LogP contribution in [0.25, 0.3) is 10.1 Å². The minimum Gasteiger partial charge on any atom is -0.311 e. The van der Waals surface area contributed by atoms with Crippen LogP contribution in [0, 0.1) is 0 Å². The van der Waals surface area contributed by atoms with Crippen molar-refractivity contribution in [2.75, 3.05) is 7.05 Å². The van der Waals surface area contributed by atoms with E-state index < -0.39 is 0 Å². The summed E-state index contributed by atoms with van der Waals surface area (Å²) in [6, 6.07) is 14.9. The van der Waals surface area contributed by atoms with Gasteiger partial charge in [0.2, 0.25) is 0 Å². The summed E-state index contributed by atoms with van der Waals surface area (Å²) >= 11 is 1.81. The van der Waals surface area contributed by atoms with Crippen LogP contribution in [0.3, 0.4) is 0 Å². The number of benzene rings is 1. The van der Waals surface area contributed by atoms with Crippen molar-refractivity contribution in [3.8, 4) is 0 Å².